The van der Waals surface area contributed by atoms with Gasteiger partial charge < -0.3 is 9.59 Å². The van der Waals surface area contributed by atoms with E-state index in [9.17, 15) is 5.11 Å². The van der Waals surface area contributed by atoms with Crippen LogP contribution in [0.15, 0.2) is 24.4 Å². The third-order valence-corrected chi connectivity index (χ3v) is 2.93. The molecule has 0 atom stereocenters. The summed E-state index contributed by atoms with van der Waals surface area (Å²) in [6, 6.07) is 4.79. The van der Waals surface area contributed by atoms with Gasteiger partial charge in [-0.05, 0) is 32.7 Å². The van der Waals surface area contributed by atoms with Crippen molar-refractivity contribution in [3.63, 3.8) is 0 Å². The lowest BCUT2D eigenvalue weighted by molar-refractivity contribution is -0.904. The van der Waals surface area contributed by atoms with Gasteiger partial charge in [0.1, 0.15) is 0 Å². The largest absolute Gasteiger partial charge is 0.859 e. The molecule has 0 bridgehead atoms. The molecule has 0 saturated carbocycles. The molecule has 3 heteroatoms. The van der Waals surface area contributed by atoms with E-state index in [1.165, 1.54) is 36.4 Å². The molecule has 0 aromatic carbocycles. The van der Waals surface area contributed by atoms with Gasteiger partial charge in [0.2, 0.25) is 0 Å². The van der Waals surface area contributed by atoms with Gasteiger partial charge in [0.05, 0.1) is 26.7 Å². The van der Waals surface area contributed by atoms with Crippen molar-refractivity contribution < 1.29 is 9.59 Å². The molecule has 0 radical (unpaired) electrons. The minimum absolute atomic E-state index is 0.178. The highest BCUT2D eigenvalue weighted by Gasteiger charge is 2.10. The van der Waals surface area contributed by atoms with E-state index < -0.39 is 0 Å². The van der Waals surface area contributed by atoms with E-state index in [0.29, 0.717) is 0 Å². The second kappa shape index (κ2) is 7.23. The summed E-state index contributed by atoms with van der Waals surface area (Å²) in [5, 5.41) is 10.2. The number of aromatic nitrogens is 1. The maximum absolute atomic E-state index is 10.2. The zero-order valence-corrected chi connectivity index (χ0v) is 10.2. The second-order valence-electron chi connectivity index (χ2n) is 3.74. The average molecular weight is 210 g/mol. The first-order chi connectivity index (χ1) is 7.08. The molecule has 1 aromatic heterocycles. The Hall–Kier alpha value is -1.09. The third kappa shape index (κ3) is 6.07. The van der Waals surface area contributed by atoms with Crippen LogP contribution in [-0.2, 0) is 0 Å². The van der Waals surface area contributed by atoms with Gasteiger partial charge in [-0.2, -0.15) is 0 Å². The second-order valence-corrected chi connectivity index (χ2v) is 3.74. The molecule has 1 aromatic rings. The topological polar surface area (TPSA) is 36.0 Å². The summed E-state index contributed by atoms with van der Waals surface area (Å²) in [5.74, 6) is -0.178. The van der Waals surface area contributed by atoms with Crippen LogP contribution in [0.5, 0.6) is 5.88 Å². The van der Waals surface area contributed by atoms with Crippen LogP contribution in [0.3, 0.4) is 0 Å². The van der Waals surface area contributed by atoms with Crippen molar-refractivity contribution >= 4 is 0 Å². The van der Waals surface area contributed by atoms with Crippen molar-refractivity contribution in [2.45, 2.75) is 20.8 Å². The highest BCUT2D eigenvalue weighted by atomic mass is 16.3. The van der Waals surface area contributed by atoms with E-state index in [-0.39, 0.29) is 5.88 Å². The van der Waals surface area contributed by atoms with E-state index in [1.807, 2.05) is 0 Å². The van der Waals surface area contributed by atoms with Crippen LogP contribution >= 0.6 is 0 Å². The Morgan fingerprint density at radius 3 is 1.80 bits per heavy atom. The van der Waals surface area contributed by atoms with Gasteiger partial charge >= 0.3 is 0 Å². The zero-order valence-electron chi connectivity index (χ0n) is 10.2. The fourth-order valence-electron chi connectivity index (χ4n) is 1.02. The molecule has 86 valence electrons. The fraction of sp³-hybridized carbons (Fsp3) is 0.583. The van der Waals surface area contributed by atoms with Gasteiger partial charge in [-0.3, -0.25) is 4.98 Å². The molecule has 0 fully saturated rings. The number of nitrogens with zero attached hydrogens (tertiary/aromatic N) is 2. The molecule has 15 heavy (non-hydrogen) atoms. The minimum atomic E-state index is -0.178. The summed E-state index contributed by atoms with van der Waals surface area (Å²) in [7, 11) is 2.29. The first kappa shape index (κ1) is 13.9. The van der Waals surface area contributed by atoms with Crippen molar-refractivity contribution in [2.75, 3.05) is 26.7 Å². The summed E-state index contributed by atoms with van der Waals surface area (Å²) in [6.07, 6.45) is 1.47. The average Bonchev–Trinajstić information content (AvgIpc) is 2.30. The summed E-state index contributed by atoms with van der Waals surface area (Å²) in [5.41, 5.74) is 0. The van der Waals surface area contributed by atoms with Crippen molar-refractivity contribution in [3.8, 4) is 5.88 Å². The highest BCUT2D eigenvalue weighted by molar-refractivity contribution is 5.04. The van der Waals surface area contributed by atoms with Crippen LogP contribution in [0.2, 0.25) is 0 Å². The van der Waals surface area contributed by atoms with E-state index in [0.717, 1.165) is 0 Å². The first-order valence-electron chi connectivity index (χ1n) is 5.49. The Labute approximate surface area is 93.0 Å². The van der Waals surface area contributed by atoms with Crippen LogP contribution in [0.1, 0.15) is 20.8 Å². The quantitative estimate of drug-likeness (QED) is 0.711. The molecule has 0 aliphatic heterocycles. The molecule has 0 N–H and O–H groups in total. The Kier molecular flexibility index (Phi) is 6.71. The van der Waals surface area contributed by atoms with Crippen molar-refractivity contribution in [2.24, 2.45) is 0 Å². The molecule has 0 amide bonds. The minimum Gasteiger partial charge on any atom is -0.859 e. The third-order valence-electron chi connectivity index (χ3n) is 2.93. The van der Waals surface area contributed by atoms with Crippen LogP contribution < -0.4 is 5.11 Å². The van der Waals surface area contributed by atoms with E-state index in [4.69, 9.17) is 0 Å². The Balaban J connectivity index is 0.000000262. The molecule has 3 nitrogen and oxygen atoms in total. The monoisotopic (exact) mass is 210 g/mol. The van der Waals surface area contributed by atoms with Crippen LogP contribution in [0.4, 0.5) is 0 Å². The lowest BCUT2D eigenvalue weighted by Crippen LogP contribution is -2.42. The predicted octanol–water partition coefficient (Wildman–Crippen LogP) is 1.65. The smallest absolute Gasteiger partial charge is 0.0755 e. The van der Waals surface area contributed by atoms with Crippen molar-refractivity contribution in [1.29, 1.82) is 0 Å². The standard InChI is InChI=1S/C7H18N.C5H5NO/c1-5-8(4,6-2)7-3;7-5-3-1-2-4-6-5/h5-7H2,1-4H3;1-4H,(H,6,7)/q+1;/p-1. The molecule has 1 heterocycles. The molecule has 0 unspecified atom stereocenters. The van der Waals surface area contributed by atoms with E-state index in [1.54, 1.807) is 12.1 Å². The number of quaternary nitrogens is 1. The van der Waals surface area contributed by atoms with Crippen molar-refractivity contribution in [3.05, 3.63) is 24.4 Å². The molecular formula is C12H22N2O. The molecule has 0 aliphatic rings. The van der Waals surface area contributed by atoms with Crippen LogP contribution in [0, 0.1) is 0 Å². The first-order valence-corrected chi connectivity index (χ1v) is 5.49. The highest BCUT2D eigenvalue weighted by Crippen LogP contribution is 1.97. The van der Waals surface area contributed by atoms with E-state index in [2.05, 4.69) is 32.8 Å². The SMILES string of the molecule is CC[N+](C)(CC)CC.[O-]c1ccccn1. The van der Waals surface area contributed by atoms with Gasteiger partial charge in [0, 0.05) is 6.20 Å². The van der Waals surface area contributed by atoms with Gasteiger partial charge in [0.25, 0.3) is 0 Å². The predicted molar refractivity (Wildman–Crippen MR) is 61.5 cm³/mol. The number of hydrogen-bond donors (Lipinski definition) is 0. The van der Waals surface area contributed by atoms with Crippen LogP contribution in [0.25, 0.3) is 0 Å². The number of rotatable bonds is 3. The fourth-order valence-corrected chi connectivity index (χ4v) is 1.02. The lowest BCUT2D eigenvalue weighted by atomic mass is 10.4. The maximum Gasteiger partial charge on any atom is 0.0755 e. The van der Waals surface area contributed by atoms with Gasteiger partial charge in [-0.1, -0.05) is 12.1 Å². The number of hydrogen-bond acceptors (Lipinski definition) is 2. The number of pyridine rings is 1. The summed E-state index contributed by atoms with van der Waals surface area (Å²) in [4.78, 5) is 3.42. The van der Waals surface area contributed by atoms with Crippen LogP contribution in [-0.4, -0.2) is 36.1 Å². The maximum atomic E-state index is 10.2. The van der Waals surface area contributed by atoms with Gasteiger partial charge in [-0.25, -0.2) is 0 Å². The molecular weight excluding hydrogens is 188 g/mol. The van der Waals surface area contributed by atoms with Crippen molar-refractivity contribution in [1.82, 2.24) is 4.98 Å². The summed E-state index contributed by atoms with van der Waals surface area (Å²) < 4.78 is 1.21. The summed E-state index contributed by atoms with van der Waals surface area (Å²) >= 11 is 0. The normalized spacial score (nSPS) is 10.4. The molecule has 0 saturated heterocycles. The molecule has 1 rings (SSSR count). The molecule has 0 aliphatic carbocycles. The van der Waals surface area contributed by atoms with Gasteiger partial charge in [-0.15, -0.1) is 0 Å². The molecule has 0 spiro atoms. The zero-order chi connectivity index (χ0) is 11.7. The van der Waals surface area contributed by atoms with Gasteiger partial charge in [0.15, 0.2) is 0 Å². The Bertz CT molecular complexity index is 237. The lowest BCUT2D eigenvalue weighted by Gasteiger charge is -2.30. The Morgan fingerprint density at radius 2 is 1.67 bits per heavy atom. The Morgan fingerprint density at radius 1 is 1.13 bits per heavy atom. The van der Waals surface area contributed by atoms with E-state index >= 15 is 0 Å². The summed E-state index contributed by atoms with van der Waals surface area (Å²) in [6.45, 7) is 10.5.